The first-order chi connectivity index (χ1) is 12.8. The maximum absolute atomic E-state index is 12.0. The summed E-state index contributed by atoms with van der Waals surface area (Å²) in [5.41, 5.74) is 9.03. The third-order valence-corrected chi connectivity index (χ3v) is 4.45. The van der Waals surface area contributed by atoms with Crippen LogP contribution in [0.2, 0.25) is 0 Å². The van der Waals surface area contributed by atoms with Crippen LogP contribution in [0.15, 0.2) is 30.6 Å². The topological polar surface area (TPSA) is 86.9 Å². The molecule has 0 unspecified atom stereocenters. The number of amides is 1. The van der Waals surface area contributed by atoms with E-state index in [2.05, 4.69) is 4.98 Å². The Morgan fingerprint density at radius 3 is 2.78 bits per heavy atom. The summed E-state index contributed by atoms with van der Waals surface area (Å²) in [7, 11) is 0. The molecule has 0 aliphatic carbocycles. The second-order valence-corrected chi connectivity index (χ2v) is 7.84. The van der Waals surface area contributed by atoms with Crippen LogP contribution in [0.25, 0.3) is 11.1 Å². The molecule has 0 radical (unpaired) electrons. The van der Waals surface area contributed by atoms with E-state index < -0.39 is 5.60 Å². The van der Waals surface area contributed by atoms with Gasteiger partial charge in [0.15, 0.2) is 11.5 Å². The van der Waals surface area contributed by atoms with Crippen LogP contribution in [-0.2, 0) is 11.3 Å². The van der Waals surface area contributed by atoms with Crippen LogP contribution >= 0.6 is 0 Å². The Hall–Kier alpha value is -2.96. The fraction of sp³-hybridized carbons (Fsp3) is 0.400. The van der Waals surface area contributed by atoms with Gasteiger partial charge in [0.25, 0.3) is 0 Å². The molecule has 27 heavy (non-hydrogen) atoms. The fourth-order valence-electron chi connectivity index (χ4n) is 3.17. The van der Waals surface area contributed by atoms with E-state index in [9.17, 15) is 4.79 Å². The molecule has 1 aromatic carbocycles. The van der Waals surface area contributed by atoms with E-state index in [1.807, 2.05) is 39.0 Å². The number of nitrogens with two attached hydrogens (primary N) is 1. The quantitative estimate of drug-likeness (QED) is 0.818. The third kappa shape index (κ3) is 3.49. The van der Waals surface area contributed by atoms with Crippen LogP contribution in [0, 0.1) is 0 Å². The average molecular weight is 369 g/mol. The van der Waals surface area contributed by atoms with Crippen molar-refractivity contribution < 1.29 is 19.0 Å². The van der Waals surface area contributed by atoms with E-state index in [0.29, 0.717) is 36.9 Å². The monoisotopic (exact) mass is 369 g/mol. The van der Waals surface area contributed by atoms with Crippen LogP contribution in [0.1, 0.15) is 26.3 Å². The maximum atomic E-state index is 12.0. The van der Waals surface area contributed by atoms with E-state index in [4.69, 9.17) is 19.9 Å². The summed E-state index contributed by atoms with van der Waals surface area (Å²) >= 11 is 0. The summed E-state index contributed by atoms with van der Waals surface area (Å²) < 4.78 is 17.3. The number of anilines is 1. The molecule has 7 nitrogen and oxygen atoms in total. The number of carbonyl (C=O) groups excluding carboxylic acids is 1. The molecular weight excluding hydrogens is 346 g/mol. The van der Waals surface area contributed by atoms with Crippen LogP contribution in [0.5, 0.6) is 11.5 Å². The predicted octanol–water partition coefficient (Wildman–Crippen LogP) is 3.22. The van der Waals surface area contributed by atoms with Gasteiger partial charge in [-0.05, 0) is 44.0 Å². The van der Waals surface area contributed by atoms with Crippen LogP contribution < -0.4 is 15.2 Å². The Balaban J connectivity index is 1.46. The highest BCUT2D eigenvalue weighted by Crippen LogP contribution is 2.43. The van der Waals surface area contributed by atoms with Crippen LogP contribution in [0.4, 0.5) is 10.5 Å². The maximum Gasteiger partial charge on any atom is 0.410 e. The number of pyridine rings is 1. The molecule has 1 aromatic heterocycles. The van der Waals surface area contributed by atoms with Crippen LogP contribution in [-0.4, -0.2) is 40.8 Å². The molecule has 1 saturated heterocycles. The summed E-state index contributed by atoms with van der Waals surface area (Å²) in [6.45, 7) is 6.94. The Kier molecular flexibility index (Phi) is 4.09. The van der Waals surface area contributed by atoms with Gasteiger partial charge in [0.1, 0.15) is 18.3 Å². The summed E-state index contributed by atoms with van der Waals surface area (Å²) in [5.74, 6) is 1.27. The molecular formula is C20H23N3O4. The van der Waals surface area contributed by atoms with Crippen molar-refractivity contribution in [2.45, 2.75) is 39.1 Å². The summed E-state index contributed by atoms with van der Waals surface area (Å²) in [6, 6.07) is 5.76. The standard InChI is InChI=1S/C20H23N3O4/c1-20(2,3)27-19(24)23-9-14(10-23)26-17-8-22-7-16-15-5-4-13(21)6-12(15)11-25-18(16)17/h4-8,14H,9-11,21H2,1-3H3. The van der Waals surface area contributed by atoms with Crippen LogP contribution in [0.3, 0.4) is 0 Å². The van der Waals surface area contributed by atoms with Gasteiger partial charge in [0, 0.05) is 17.4 Å². The van der Waals surface area contributed by atoms with E-state index in [0.717, 1.165) is 16.7 Å². The molecule has 2 N–H and O–H groups in total. The number of benzene rings is 1. The largest absolute Gasteiger partial charge is 0.484 e. The highest BCUT2D eigenvalue weighted by molar-refractivity contribution is 5.78. The average Bonchev–Trinajstić information content (AvgIpc) is 2.55. The second-order valence-electron chi connectivity index (χ2n) is 7.84. The summed E-state index contributed by atoms with van der Waals surface area (Å²) in [5, 5.41) is 0. The number of hydrogen-bond acceptors (Lipinski definition) is 6. The molecule has 3 heterocycles. The Morgan fingerprint density at radius 1 is 1.26 bits per heavy atom. The molecule has 0 bridgehead atoms. The van der Waals surface area contributed by atoms with Gasteiger partial charge in [-0.15, -0.1) is 0 Å². The zero-order valence-electron chi connectivity index (χ0n) is 15.7. The fourth-order valence-corrected chi connectivity index (χ4v) is 3.17. The predicted molar refractivity (Wildman–Crippen MR) is 101 cm³/mol. The first-order valence-electron chi connectivity index (χ1n) is 8.94. The minimum Gasteiger partial charge on any atom is -0.484 e. The molecule has 142 valence electrons. The summed E-state index contributed by atoms with van der Waals surface area (Å²) in [6.07, 6.45) is 2.99. The molecule has 2 aromatic rings. The normalized spacial score (nSPS) is 15.9. The lowest BCUT2D eigenvalue weighted by atomic mass is 9.98. The number of nitrogens with zero attached hydrogens (tertiary/aromatic N) is 2. The van der Waals surface area contributed by atoms with E-state index in [1.54, 1.807) is 17.3 Å². The van der Waals surface area contributed by atoms with Gasteiger partial charge in [-0.25, -0.2) is 4.79 Å². The van der Waals surface area contributed by atoms with E-state index in [-0.39, 0.29) is 12.2 Å². The van der Waals surface area contributed by atoms with Gasteiger partial charge < -0.3 is 24.8 Å². The Labute approximate surface area is 158 Å². The number of fused-ring (bicyclic) bond motifs is 3. The van der Waals surface area contributed by atoms with Crippen molar-refractivity contribution in [2.24, 2.45) is 0 Å². The number of likely N-dealkylation sites (tertiary alicyclic amines) is 1. The van der Waals surface area contributed by atoms with Crippen molar-refractivity contribution in [1.82, 2.24) is 9.88 Å². The Morgan fingerprint density at radius 2 is 2.04 bits per heavy atom. The number of hydrogen-bond donors (Lipinski definition) is 1. The van der Waals surface area contributed by atoms with Crippen molar-refractivity contribution in [2.75, 3.05) is 18.8 Å². The van der Waals surface area contributed by atoms with Crippen molar-refractivity contribution in [3.63, 3.8) is 0 Å². The van der Waals surface area contributed by atoms with Crippen molar-refractivity contribution in [3.8, 4) is 22.6 Å². The molecule has 0 spiro atoms. The van der Waals surface area contributed by atoms with Gasteiger partial charge in [-0.3, -0.25) is 4.98 Å². The number of carbonyl (C=O) groups is 1. The van der Waals surface area contributed by atoms with E-state index in [1.165, 1.54) is 0 Å². The molecule has 1 fully saturated rings. The van der Waals surface area contributed by atoms with E-state index >= 15 is 0 Å². The minimum atomic E-state index is -0.504. The lowest BCUT2D eigenvalue weighted by Crippen LogP contribution is -2.57. The van der Waals surface area contributed by atoms with Gasteiger partial charge >= 0.3 is 6.09 Å². The molecule has 4 rings (SSSR count). The molecule has 0 saturated carbocycles. The first kappa shape index (κ1) is 17.5. The molecule has 7 heteroatoms. The molecule has 2 aliphatic rings. The van der Waals surface area contributed by atoms with Crippen molar-refractivity contribution in [1.29, 1.82) is 0 Å². The Bertz CT molecular complexity index is 885. The zero-order chi connectivity index (χ0) is 19.2. The lowest BCUT2D eigenvalue weighted by molar-refractivity contribution is -0.0228. The zero-order valence-corrected chi connectivity index (χ0v) is 15.7. The van der Waals surface area contributed by atoms with Crippen molar-refractivity contribution >= 4 is 11.8 Å². The second kappa shape index (κ2) is 6.33. The first-order valence-corrected chi connectivity index (χ1v) is 8.94. The highest BCUT2D eigenvalue weighted by atomic mass is 16.6. The van der Waals surface area contributed by atoms with Gasteiger partial charge in [-0.2, -0.15) is 0 Å². The minimum absolute atomic E-state index is 0.109. The van der Waals surface area contributed by atoms with Crippen molar-refractivity contribution in [3.05, 3.63) is 36.2 Å². The van der Waals surface area contributed by atoms with Gasteiger partial charge in [-0.1, -0.05) is 6.07 Å². The number of aromatic nitrogens is 1. The molecule has 2 aliphatic heterocycles. The smallest absolute Gasteiger partial charge is 0.410 e. The summed E-state index contributed by atoms with van der Waals surface area (Å²) in [4.78, 5) is 18.0. The molecule has 1 amide bonds. The van der Waals surface area contributed by atoms with Gasteiger partial charge in [0.05, 0.1) is 19.3 Å². The number of rotatable bonds is 2. The lowest BCUT2D eigenvalue weighted by Gasteiger charge is -2.39. The number of ether oxygens (including phenoxy) is 3. The SMILES string of the molecule is CC(C)(C)OC(=O)N1CC(Oc2cncc3c2OCc2cc(N)ccc2-3)C1. The highest BCUT2D eigenvalue weighted by Gasteiger charge is 2.36. The third-order valence-electron chi connectivity index (χ3n) is 4.45. The number of nitrogen functional groups attached to an aromatic ring is 1. The molecule has 0 atom stereocenters. The van der Waals surface area contributed by atoms with Gasteiger partial charge in [0.2, 0.25) is 0 Å².